The summed E-state index contributed by atoms with van der Waals surface area (Å²) in [6, 6.07) is 9.85. The molecule has 3 aromatic heterocycles. The second-order valence-electron chi connectivity index (χ2n) is 6.55. The number of hydrogen-bond acceptors (Lipinski definition) is 6. The number of carbonyl (C=O) groups excluding carboxylic acids is 1. The van der Waals surface area contributed by atoms with Gasteiger partial charge in [-0.15, -0.1) is 11.3 Å². The molecule has 148 valence electrons. The Bertz CT molecular complexity index is 1230. The largest absolute Gasteiger partial charge is 0.338 e. The van der Waals surface area contributed by atoms with Crippen molar-refractivity contribution in [3.8, 4) is 5.69 Å². The molecule has 0 radical (unpaired) electrons. The SMILES string of the molecule is Cc1ccccc1-n1ccnc1SCC(=O)N(C)Cc1nc2ccsc2c(=O)[nH]1. The van der Waals surface area contributed by atoms with Gasteiger partial charge in [0.05, 0.1) is 23.5 Å². The van der Waals surface area contributed by atoms with Crippen molar-refractivity contribution in [3.05, 3.63) is 69.8 Å². The number of amides is 1. The highest BCUT2D eigenvalue weighted by Crippen LogP contribution is 2.23. The maximum Gasteiger partial charge on any atom is 0.268 e. The maximum absolute atomic E-state index is 12.6. The fraction of sp³-hybridized carbons (Fsp3) is 0.200. The Morgan fingerprint density at radius 2 is 2.14 bits per heavy atom. The molecule has 1 amide bonds. The molecule has 4 rings (SSSR count). The quantitative estimate of drug-likeness (QED) is 0.480. The number of aryl methyl sites for hydroxylation is 1. The monoisotopic (exact) mass is 425 g/mol. The van der Waals surface area contributed by atoms with Gasteiger partial charge in [-0.2, -0.15) is 0 Å². The van der Waals surface area contributed by atoms with E-state index < -0.39 is 0 Å². The van der Waals surface area contributed by atoms with Gasteiger partial charge < -0.3 is 9.88 Å². The van der Waals surface area contributed by atoms with Gasteiger partial charge in [0.25, 0.3) is 5.56 Å². The molecule has 0 saturated heterocycles. The summed E-state index contributed by atoms with van der Waals surface area (Å²) in [6.07, 6.45) is 3.62. The predicted molar refractivity (Wildman–Crippen MR) is 116 cm³/mol. The first kappa shape index (κ1) is 19.4. The van der Waals surface area contributed by atoms with Crippen molar-refractivity contribution in [1.29, 1.82) is 0 Å². The van der Waals surface area contributed by atoms with Crippen LogP contribution in [0.25, 0.3) is 15.9 Å². The van der Waals surface area contributed by atoms with Crippen molar-refractivity contribution >= 4 is 39.2 Å². The Kier molecular flexibility index (Phi) is 5.50. The molecular weight excluding hydrogens is 406 g/mol. The van der Waals surface area contributed by atoms with Crippen molar-refractivity contribution in [2.75, 3.05) is 12.8 Å². The first-order chi connectivity index (χ1) is 14.0. The summed E-state index contributed by atoms with van der Waals surface area (Å²) in [6.45, 7) is 2.29. The number of carbonyl (C=O) groups is 1. The molecule has 0 atom stereocenters. The van der Waals surface area contributed by atoms with E-state index in [1.807, 2.05) is 53.4 Å². The molecule has 1 aromatic carbocycles. The second kappa shape index (κ2) is 8.22. The number of nitrogens with zero attached hydrogens (tertiary/aromatic N) is 4. The third-order valence-electron chi connectivity index (χ3n) is 4.48. The number of thiophene rings is 1. The smallest absolute Gasteiger partial charge is 0.268 e. The number of fused-ring (bicyclic) bond motifs is 1. The number of aromatic nitrogens is 4. The van der Waals surface area contributed by atoms with Crippen LogP contribution in [0.1, 0.15) is 11.4 Å². The lowest BCUT2D eigenvalue weighted by atomic mass is 10.2. The lowest BCUT2D eigenvalue weighted by Crippen LogP contribution is -2.29. The first-order valence-corrected chi connectivity index (χ1v) is 10.8. The second-order valence-corrected chi connectivity index (χ2v) is 8.41. The summed E-state index contributed by atoms with van der Waals surface area (Å²) in [5.41, 5.74) is 2.66. The zero-order valence-electron chi connectivity index (χ0n) is 16.0. The van der Waals surface area contributed by atoms with Crippen LogP contribution in [-0.2, 0) is 11.3 Å². The Labute approximate surface area is 175 Å². The molecule has 0 aliphatic heterocycles. The number of H-pyrrole nitrogens is 1. The molecule has 0 bridgehead atoms. The highest BCUT2D eigenvalue weighted by molar-refractivity contribution is 7.99. The molecule has 0 spiro atoms. The van der Waals surface area contributed by atoms with Gasteiger partial charge in [-0.1, -0.05) is 30.0 Å². The Hall–Kier alpha value is -2.91. The van der Waals surface area contributed by atoms with Crippen molar-refractivity contribution in [2.45, 2.75) is 18.6 Å². The van der Waals surface area contributed by atoms with Gasteiger partial charge in [-0.3, -0.25) is 14.2 Å². The van der Waals surface area contributed by atoms with E-state index in [9.17, 15) is 9.59 Å². The third-order valence-corrected chi connectivity index (χ3v) is 6.34. The van der Waals surface area contributed by atoms with E-state index in [1.165, 1.54) is 23.1 Å². The summed E-state index contributed by atoms with van der Waals surface area (Å²) >= 11 is 2.74. The summed E-state index contributed by atoms with van der Waals surface area (Å²) in [4.78, 5) is 37.8. The van der Waals surface area contributed by atoms with Gasteiger partial charge in [0, 0.05) is 19.4 Å². The summed E-state index contributed by atoms with van der Waals surface area (Å²) < 4.78 is 2.58. The highest BCUT2D eigenvalue weighted by Gasteiger charge is 2.15. The van der Waals surface area contributed by atoms with Gasteiger partial charge >= 0.3 is 0 Å². The van der Waals surface area contributed by atoms with Crippen LogP contribution >= 0.6 is 23.1 Å². The van der Waals surface area contributed by atoms with Gasteiger partial charge in [0.15, 0.2) is 5.16 Å². The maximum atomic E-state index is 12.6. The molecule has 4 aromatic rings. The van der Waals surface area contributed by atoms with E-state index in [0.717, 1.165) is 16.4 Å². The van der Waals surface area contributed by atoms with Crippen molar-refractivity contribution < 1.29 is 4.79 Å². The average molecular weight is 426 g/mol. The Balaban J connectivity index is 1.43. The van der Waals surface area contributed by atoms with Crippen molar-refractivity contribution in [2.24, 2.45) is 0 Å². The molecule has 0 fully saturated rings. The number of hydrogen-bond donors (Lipinski definition) is 1. The fourth-order valence-electron chi connectivity index (χ4n) is 2.96. The first-order valence-electron chi connectivity index (χ1n) is 8.95. The average Bonchev–Trinajstić information content (AvgIpc) is 3.36. The van der Waals surface area contributed by atoms with E-state index in [1.54, 1.807) is 18.1 Å². The van der Waals surface area contributed by atoms with Gasteiger partial charge in [0.1, 0.15) is 10.5 Å². The van der Waals surface area contributed by atoms with Crippen LogP contribution in [0.2, 0.25) is 0 Å². The molecule has 7 nitrogen and oxygen atoms in total. The molecule has 29 heavy (non-hydrogen) atoms. The van der Waals surface area contributed by atoms with Crippen LogP contribution in [0.15, 0.2) is 58.1 Å². The number of benzene rings is 1. The minimum absolute atomic E-state index is 0.0672. The number of imidazole rings is 1. The van der Waals surface area contributed by atoms with E-state index in [4.69, 9.17) is 0 Å². The zero-order chi connectivity index (χ0) is 20.4. The lowest BCUT2D eigenvalue weighted by molar-refractivity contribution is -0.127. The van der Waals surface area contributed by atoms with E-state index in [-0.39, 0.29) is 23.8 Å². The summed E-state index contributed by atoms with van der Waals surface area (Å²) in [7, 11) is 1.70. The molecule has 0 saturated carbocycles. The highest BCUT2D eigenvalue weighted by atomic mass is 32.2. The van der Waals surface area contributed by atoms with Crippen LogP contribution in [0.4, 0.5) is 0 Å². The van der Waals surface area contributed by atoms with Crippen molar-refractivity contribution in [3.63, 3.8) is 0 Å². The summed E-state index contributed by atoms with van der Waals surface area (Å²) in [5.74, 6) is 0.648. The van der Waals surface area contributed by atoms with Gasteiger partial charge in [-0.05, 0) is 30.0 Å². The number of aromatic amines is 1. The van der Waals surface area contributed by atoms with E-state index >= 15 is 0 Å². The van der Waals surface area contributed by atoms with Gasteiger partial charge in [0.2, 0.25) is 5.91 Å². The molecular formula is C20H19N5O2S2. The molecule has 3 heterocycles. The third kappa shape index (κ3) is 4.10. The zero-order valence-corrected chi connectivity index (χ0v) is 17.6. The molecule has 0 aliphatic carbocycles. The number of para-hydroxylation sites is 1. The van der Waals surface area contributed by atoms with Gasteiger partial charge in [-0.25, -0.2) is 9.97 Å². The normalized spacial score (nSPS) is 11.1. The molecule has 0 unspecified atom stereocenters. The standard InChI is InChI=1S/C20H19N5O2S2/c1-13-5-3-4-6-15(13)25-9-8-21-20(25)29-12-17(26)24(2)11-16-22-14-7-10-28-18(14)19(27)23-16/h3-10H,11-12H2,1-2H3,(H,22,23,27). The Morgan fingerprint density at radius 3 is 2.97 bits per heavy atom. The van der Waals surface area contributed by atoms with Crippen LogP contribution < -0.4 is 5.56 Å². The lowest BCUT2D eigenvalue weighted by Gasteiger charge is -2.16. The molecule has 0 aliphatic rings. The topological polar surface area (TPSA) is 83.9 Å². The van der Waals surface area contributed by atoms with Crippen molar-refractivity contribution in [1.82, 2.24) is 24.4 Å². The number of rotatable bonds is 6. The number of nitrogens with one attached hydrogen (secondary N) is 1. The van der Waals surface area contributed by atoms with E-state index in [0.29, 0.717) is 16.0 Å². The Morgan fingerprint density at radius 1 is 1.31 bits per heavy atom. The molecule has 9 heteroatoms. The minimum atomic E-state index is -0.171. The van der Waals surface area contributed by atoms with Crippen LogP contribution in [0.5, 0.6) is 0 Å². The fourth-order valence-corrected chi connectivity index (χ4v) is 4.59. The van der Waals surface area contributed by atoms with Crippen LogP contribution in [0.3, 0.4) is 0 Å². The van der Waals surface area contributed by atoms with E-state index in [2.05, 4.69) is 15.0 Å². The number of thioether (sulfide) groups is 1. The minimum Gasteiger partial charge on any atom is -0.338 e. The molecule has 1 N–H and O–H groups in total. The van der Waals surface area contributed by atoms with Crippen LogP contribution in [0, 0.1) is 6.92 Å². The van der Waals surface area contributed by atoms with Crippen LogP contribution in [-0.4, -0.2) is 43.1 Å². The summed E-state index contributed by atoms with van der Waals surface area (Å²) in [5, 5.41) is 2.59. The predicted octanol–water partition coefficient (Wildman–Crippen LogP) is 3.23.